The molecule has 2 aromatic rings. The SMILES string of the molecule is COc1ccc(C(C)Nc2ccnc(Cl)n2)cc1OC. The summed E-state index contributed by atoms with van der Waals surface area (Å²) in [6, 6.07) is 7.59. The van der Waals surface area contributed by atoms with Crippen molar-refractivity contribution in [2.75, 3.05) is 19.5 Å². The summed E-state index contributed by atoms with van der Waals surface area (Å²) in [5.41, 5.74) is 1.05. The molecule has 1 N–H and O–H groups in total. The summed E-state index contributed by atoms with van der Waals surface area (Å²) in [7, 11) is 3.23. The van der Waals surface area contributed by atoms with Crippen LogP contribution in [-0.4, -0.2) is 24.2 Å². The predicted octanol–water partition coefficient (Wildman–Crippen LogP) is 3.32. The van der Waals surface area contributed by atoms with Crippen molar-refractivity contribution in [3.63, 3.8) is 0 Å². The van der Waals surface area contributed by atoms with Crippen LogP contribution in [0, 0.1) is 0 Å². The van der Waals surface area contributed by atoms with E-state index in [9.17, 15) is 0 Å². The van der Waals surface area contributed by atoms with Gasteiger partial charge in [-0.15, -0.1) is 0 Å². The van der Waals surface area contributed by atoms with Crippen molar-refractivity contribution in [1.29, 1.82) is 0 Å². The van der Waals surface area contributed by atoms with Crippen molar-refractivity contribution in [2.45, 2.75) is 13.0 Å². The molecule has 0 amide bonds. The Hall–Kier alpha value is -2.01. The fourth-order valence-corrected chi connectivity index (χ4v) is 1.99. The summed E-state index contributed by atoms with van der Waals surface area (Å²) in [5.74, 6) is 2.07. The number of methoxy groups -OCH3 is 2. The first-order valence-corrected chi connectivity index (χ1v) is 6.49. The molecule has 0 aliphatic carbocycles. The molecule has 2 rings (SSSR count). The van der Waals surface area contributed by atoms with Crippen molar-refractivity contribution < 1.29 is 9.47 Å². The Kier molecular flexibility index (Phi) is 4.63. The van der Waals surface area contributed by atoms with Gasteiger partial charge in [-0.3, -0.25) is 0 Å². The van der Waals surface area contributed by atoms with Crippen LogP contribution >= 0.6 is 11.6 Å². The third kappa shape index (κ3) is 3.30. The zero-order valence-electron chi connectivity index (χ0n) is 11.6. The Morgan fingerprint density at radius 3 is 2.55 bits per heavy atom. The highest BCUT2D eigenvalue weighted by molar-refractivity contribution is 6.28. The monoisotopic (exact) mass is 293 g/mol. The summed E-state index contributed by atoms with van der Waals surface area (Å²) < 4.78 is 10.5. The van der Waals surface area contributed by atoms with Gasteiger partial charge in [-0.05, 0) is 42.3 Å². The highest BCUT2D eigenvalue weighted by Crippen LogP contribution is 2.30. The van der Waals surface area contributed by atoms with Gasteiger partial charge in [0.15, 0.2) is 11.5 Å². The van der Waals surface area contributed by atoms with E-state index in [1.165, 1.54) is 0 Å². The van der Waals surface area contributed by atoms with Crippen LogP contribution in [0.3, 0.4) is 0 Å². The van der Waals surface area contributed by atoms with Crippen molar-refractivity contribution in [3.05, 3.63) is 41.3 Å². The van der Waals surface area contributed by atoms with Crippen LogP contribution in [0.2, 0.25) is 5.28 Å². The molecule has 1 aromatic heterocycles. The first-order chi connectivity index (χ1) is 9.63. The molecule has 1 heterocycles. The summed E-state index contributed by atoms with van der Waals surface area (Å²) in [6.45, 7) is 2.03. The summed E-state index contributed by atoms with van der Waals surface area (Å²) in [5, 5.41) is 3.47. The van der Waals surface area contributed by atoms with Crippen LogP contribution in [0.1, 0.15) is 18.5 Å². The van der Waals surface area contributed by atoms with Gasteiger partial charge in [-0.1, -0.05) is 6.07 Å². The zero-order chi connectivity index (χ0) is 14.5. The maximum absolute atomic E-state index is 5.76. The topological polar surface area (TPSA) is 56.3 Å². The van der Waals surface area contributed by atoms with E-state index < -0.39 is 0 Å². The van der Waals surface area contributed by atoms with Crippen molar-refractivity contribution >= 4 is 17.4 Å². The minimum atomic E-state index is 0.0424. The fourth-order valence-electron chi connectivity index (χ4n) is 1.84. The second-order valence-corrected chi connectivity index (χ2v) is 4.53. The molecule has 1 aromatic carbocycles. The number of hydrogen-bond donors (Lipinski definition) is 1. The predicted molar refractivity (Wildman–Crippen MR) is 78.6 cm³/mol. The molecule has 1 atom stereocenters. The Bertz CT molecular complexity index is 592. The van der Waals surface area contributed by atoms with Crippen LogP contribution in [0.4, 0.5) is 5.82 Å². The molecule has 5 nitrogen and oxygen atoms in total. The van der Waals surface area contributed by atoms with Crippen LogP contribution in [0.15, 0.2) is 30.5 Å². The van der Waals surface area contributed by atoms with Crippen molar-refractivity contribution in [2.24, 2.45) is 0 Å². The first kappa shape index (κ1) is 14.4. The lowest BCUT2D eigenvalue weighted by Crippen LogP contribution is -2.08. The summed E-state index contributed by atoms with van der Waals surface area (Å²) >= 11 is 5.76. The molecule has 0 bridgehead atoms. The normalized spacial score (nSPS) is 11.8. The van der Waals surface area contributed by atoms with Gasteiger partial charge in [0.2, 0.25) is 5.28 Å². The standard InChI is InChI=1S/C14H16ClN3O2/c1-9(17-13-6-7-16-14(15)18-13)10-4-5-11(19-2)12(8-10)20-3/h4-9H,1-3H3,(H,16,17,18). The van der Waals surface area contributed by atoms with Gasteiger partial charge in [-0.2, -0.15) is 0 Å². The third-order valence-corrected chi connectivity index (χ3v) is 3.08. The quantitative estimate of drug-likeness (QED) is 0.857. The molecule has 0 saturated carbocycles. The smallest absolute Gasteiger partial charge is 0.224 e. The largest absolute Gasteiger partial charge is 0.493 e. The molecule has 20 heavy (non-hydrogen) atoms. The lowest BCUT2D eigenvalue weighted by Gasteiger charge is -2.17. The number of nitrogens with zero attached hydrogens (tertiary/aromatic N) is 2. The third-order valence-electron chi connectivity index (χ3n) is 2.90. The van der Waals surface area contributed by atoms with E-state index in [0.29, 0.717) is 17.3 Å². The molecule has 0 saturated heterocycles. The van der Waals surface area contributed by atoms with Crippen LogP contribution in [0.5, 0.6) is 11.5 Å². The Labute approximate surface area is 122 Å². The van der Waals surface area contributed by atoms with Crippen LogP contribution in [-0.2, 0) is 0 Å². The van der Waals surface area contributed by atoms with Gasteiger partial charge < -0.3 is 14.8 Å². The lowest BCUT2D eigenvalue weighted by molar-refractivity contribution is 0.354. The number of aromatic nitrogens is 2. The fraction of sp³-hybridized carbons (Fsp3) is 0.286. The molecule has 1 unspecified atom stereocenters. The summed E-state index contributed by atoms with van der Waals surface area (Å²) in [4.78, 5) is 7.95. The Morgan fingerprint density at radius 1 is 1.15 bits per heavy atom. The number of anilines is 1. The lowest BCUT2D eigenvalue weighted by atomic mass is 10.1. The number of ether oxygens (including phenoxy) is 2. The Morgan fingerprint density at radius 2 is 1.90 bits per heavy atom. The highest BCUT2D eigenvalue weighted by atomic mass is 35.5. The number of hydrogen-bond acceptors (Lipinski definition) is 5. The molecular formula is C14H16ClN3O2. The van der Waals surface area contributed by atoms with Gasteiger partial charge in [0.1, 0.15) is 5.82 Å². The average Bonchev–Trinajstić information content (AvgIpc) is 2.46. The van der Waals surface area contributed by atoms with E-state index in [4.69, 9.17) is 21.1 Å². The number of nitrogens with one attached hydrogen (secondary N) is 1. The van der Waals surface area contributed by atoms with E-state index in [1.807, 2.05) is 25.1 Å². The van der Waals surface area contributed by atoms with E-state index in [1.54, 1.807) is 26.5 Å². The maximum atomic E-state index is 5.76. The molecular weight excluding hydrogens is 278 g/mol. The molecule has 0 spiro atoms. The zero-order valence-corrected chi connectivity index (χ0v) is 12.3. The van der Waals surface area contributed by atoms with Gasteiger partial charge >= 0.3 is 0 Å². The average molecular weight is 294 g/mol. The molecule has 0 aliphatic rings. The molecule has 106 valence electrons. The van der Waals surface area contributed by atoms with Crippen LogP contribution < -0.4 is 14.8 Å². The maximum Gasteiger partial charge on any atom is 0.224 e. The van der Waals surface area contributed by atoms with Gasteiger partial charge in [0.25, 0.3) is 0 Å². The van der Waals surface area contributed by atoms with Gasteiger partial charge in [0.05, 0.1) is 20.3 Å². The number of halogens is 1. The number of benzene rings is 1. The van der Waals surface area contributed by atoms with Crippen molar-refractivity contribution in [1.82, 2.24) is 9.97 Å². The van der Waals surface area contributed by atoms with Crippen LogP contribution in [0.25, 0.3) is 0 Å². The van der Waals surface area contributed by atoms with E-state index in [2.05, 4.69) is 15.3 Å². The van der Waals surface area contributed by atoms with E-state index >= 15 is 0 Å². The van der Waals surface area contributed by atoms with E-state index in [-0.39, 0.29) is 11.3 Å². The first-order valence-electron chi connectivity index (χ1n) is 6.11. The Balaban J connectivity index is 2.18. The molecule has 0 aliphatic heterocycles. The minimum Gasteiger partial charge on any atom is -0.493 e. The highest BCUT2D eigenvalue weighted by Gasteiger charge is 2.10. The number of rotatable bonds is 5. The van der Waals surface area contributed by atoms with E-state index in [0.717, 1.165) is 5.56 Å². The van der Waals surface area contributed by atoms with Gasteiger partial charge in [0, 0.05) is 6.20 Å². The molecule has 0 radical (unpaired) electrons. The molecule has 6 heteroatoms. The van der Waals surface area contributed by atoms with Gasteiger partial charge in [-0.25, -0.2) is 9.97 Å². The second kappa shape index (κ2) is 6.43. The van der Waals surface area contributed by atoms with Crippen molar-refractivity contribution in [3.8, 4) is 11.5 Å². The molecule has 0 fully saturated rings. The minimum absolute atomic E-state index is 0.0424. The second-order valence-electron chi connectivity index (χ2n) is 4.19. The summed E-state index contributed by atoms with van der Waals surface area (Å²) in [6.07, 6.45) is 1.61.